The summed E-state index contributed by atoms with van der Waals surface area (Å²) in [5.41, 5.74) is 1.47. The number of rotatable bonds is 1. The molecule has 2 N–H and O–H groups in total. The van der Waals surface area contributed by atoms with E-state index in [1.54, 1.807) is 18.2 Å². The van der Waals surface area contributed by atoms with Crippen LogP contribution in [-0.4, -0.2) is 10.2 Å². The Morgan fingerprint density at radius 1 is 1.20 bits per heavy atom. The van der Waals surface area contributed by atoms with Gasteiger partial charge in [-0.2, -0.15) is 0 Å². The minimum absolute atomic E-state index is 0.0374. The van der Waals surface area contributed by atoms with Gasteiger partial charge in [0.2, 0.25) is 5.75 Å². The van der Waals surface area contributed by atoms with Crippen LogP contribution in [0.15, 0.2) is 36.1 Å². The fourth-order valence-electron chi connectivity index (χ4n) is 2.08. The highest BCUT2D eigenvalue weighted by Crippen LogP contribution is 2.44. The van der Waals surface area contributed by atoms with Gasteiger partial charge in [0.05, 0.1) is 5.02 Å². The second kappa shape index (κ2) is 4.72. The predicted molar refractivity (Wildman–Crippen MR) is 73.5 cm³/mol. The molecule has 0 unspecified atom stereocenters. The van der Waals surface area contributed by atoms with E-state index in [-0.39, 0.29) is 22.3 Å². The third kappa shape index (κ3) is 2.18. The Balaban J connectivity index is 1.93. The second-order valence-electron chi connectivity index (χ2n) is 4.48. The summed E-state index contributed by atoms with van der Waals surface area (Å²) in [6.07, 6.45) is 2.19. The molecule has 2 aromatic rings. The molecule has 3 rings (SSSR count). The van der Waals surface area contributed by atoms with Crippen LogP contribution in [0.1, 0.15) is 11.1 Å². The molecule has 0 radical (unpaired) electrons. The smallest absolute Gasteiger partial charge is 0.201 e. The maximum atomic E-state index is 13.1. The number of hydrogen-bond donors (Lipinski definition) is 2. The van der Waals surface area contributed by atoms with Crippen molar-refractivity contribution in [3.8, 4) is 17.2 Å². The van der Waals surface area contributed by atoms with Gasteiger partial charge < -0.3 is 14.9 Å². The van der Waals surface area contributed by atoms with Crippen molar-refractivity contribution in [2.45, 2.75) is 6.42 Å². The van der Waals surface area contributed by atoms with Crippen molar-refractivity contribution in [2.75, 3.05) is 0 Å². The maximum absolute atomic E-state index is 13.1. The van der Waals surface area contributed by atoms with Gasteiger partial charge in [-0.05, 0) is 29.8 Å². The summed E-state index contributed by atoms with van der Waals surface area (Å²) in [5, 5.41) is 19.2. The number of halogens is 2. The lowest BCUT2D eigenvalue weighted by Crippen LogP contribution is -1.88. The van der Waals surface area contributed by atoms with Crippen LogP contribution < -0.4 is 4.74 Å². The summed E-state index contributed by atoms with van der Waals surface area (Å²) in [6.45, 7) is 0. The highest BCUT2D eigenvalue weighted by Gasteiger charge is 2.23. The average molecular weight is 293 g/mol. The van der Waals surface area contributed by atoms with Crippen molar-refractivity contribution in [1.82, 2.24) is 0 Å². The quantitative estimate of drug-likeness (QED) is 0.785. The first-order valence-corrected chi connectivity index (χ1v) is 6.29. The van der Waals surface area contributed by atoms with Crippen molar-refractivity contribution < 1.29 is 19.3 Å². The van der Waals surface area contributed by atoms with Crippen LogP contribution in [0, 0.1) is 5.82 Å². The average Bonchev–Trinajstić information content (AvgIpc) is 2.82. The van der Waals surface area contributed by atoms with Crippen LogP contribution in [0.3, 0.4) is 0 Å². The fourth-order valence-corrected chi connectivity index (χ4v) is 2.27. The van der Waals surface area contributed by atoms with Gasteiger partial charge >= 0.3 is 0 Å². The Kier molecular flexibility index (Phi) is 3.03. The molecule has 1 heterocycles. The maximum Gasteiger partial charge on any atom is 0.201 e. The monoisotopic (exact) mass is 292 g/mol. The van der Waals surface area contributed by atoms with Crippen LogP contribution in [0.2, 0.25) is 5.02 Å². The zero-order chi connectivity index (χ0) is 14.3. The van der Waals surface area contributed by atoms with E-state index in [0.29, 0.717) is 17.7 Å². The molecule has 1 aliphatic heterocycles. The summed E-state index contributed by atoms with van der Waals surface area (Å²) in [7, 11) is 0. The molecule has 0 fully saturated rings. The van der Waals surface area contributed by atoms with Gasteiger partial charge in [-0.25, -0.2) is 4.39 Å². The van der Waals surface area contributed by atoms with Gasteiger partial charge in [-0.15, -0.1) is 0 Å². The van der Waals surface area contributed by atoms with Crippen LogP contribution >= 0.6 is 11.6 Å². The van der Waals surface area contributed by atoms with E-state index in [1.807, 2.05) is 0 Å². The Morgan fingerprint density at radius 2 is 2.00 bits per heavy atom. The molecule has 0 spiro atoms. The second-order valence-corrected chi connectivity index (χ2v) is 4.89. The van der Waals surface area contributed by atoms with Gasteiger partial charge in [-0.1, -0.05) is 23.7 Å². The summed E-state index contributed by atoms with van der Waals surface area (Å²) in [6, 6.07) is 7.45. The number of fused-ring (bicyclic) bond motifs is 1. The molecular formula is C15H10ClFO3. The standard InChI is InChI=1S/C15H10ClFO3/c16-11-6-8(1-3-12(11)17)5-10-7-9-2-4-13(18)14(19)15(9)20-10/h1-6,18-19H,7H2. The Labute approximate surface area is 119 Å². The Hall–Kier alpha value is -2.20. The van der Waals surface area contributed by atoms with Crippen molar-refractivity contribution >= 4 is 17.7 Å². The molecular weight excluding hydrogens is 283 g/mol. The minimum atomic E-state index is -0.480. The molecule has 20 heavy (non-hydrogen) atoms. The molecule has 3 nitrogen and oxygen atoms in total. The number of aromatic hydroxyl groups is 2. The van der Waals surface area contributed by atoms with Gasteiger partial charge in [-0.3, -0.25) is 0 Å². The lowest BCUT2D eigenvalue weighted by Gasteiger charge is -2.04. The van der Waals surface area contributed by atoms with E-state index in [1.165, 1.54) is 18.2 Å². The summed E-state index contributed by atoms with van der Waals surface area (Å²) >= 11 is 5.72. The highest BCUT2D eigenvalue weighted by molar-refractivity contribution is 6.30. The zero-order valence-corrected chi connectivity index (χ0v) is 11.0. The minimum Gasteiger partial charge on any atom is -0.504 e. The van der Waals surface area contributed by atoms with Gasteiger partial charge in [0.15, 0.2) is 11.5 Å². The molecule has 0 aromatic heterocycles. The molecule has 0 bridgehead atoms. The fraction of sp³-hybridized carbons (Fsp3) is 0.0667. The summed E-state index contributed by atoms with van der Waals surface area (Å²) in [5.74, 6) is -0.141. The van der Waals surface area contributed by atoms with Crippen molar-refractivity contribution in [1.29, 1.82) is 0 Å². The molecule has 0 aliphatic carbocycles. The third-order valence-corrected chi connectivity index (χ3v) is 3.35. The van der Waals surface area contributed by atoms with Gasteiger partial charge in [0.1, 0.15) is 11.6 Å². The van der Waals surface area contributed by atoms with E-state index in [2.05, 4.69) is 0 Å². The van der Waals surface area contributed by atoms with Crippen LogP contribution in [0.5, 0.6) is 17.2 Å². The molecule has 0 saturated carbocycles. The topological polar surface area (TPSA) is 49.7 Å². The van der Waals surface area contributed by atoms with Crippen LogP contribution in [-0.2, 0) is 6.42 Å². The molecule has 1 aliphatic rings. The Bertz CT molecular complexity index is 725. The molecule has 0 amide bonds. The zero-order valence-electron chi connectivity index (χ0n) is 10.2. The van der Waals surface area contributed by atoms with E-state index >= 15 is 0 Å². The summed E-state index contributed by atoms with van der Waals surface area (Å²) in [4.78, 5) is 0. The predicted octanol–water partition coefficient (Wildman–Crippen LogP) is 3.87. The molecule has 0 saturated heterocycles. The van der Waals surface area contributed by atoms with E-state index in [4.69, 9.17) is 16.3 Å². The van der Waals surface area contributed by atoms with E-state index in [9.17, 15) is 14.6 Å². The van der Waals surface area contributed by atoms with Crippen molar-refractivity contribution in [2.24, 2.45) is 0 Å². The van der Waals surface area contributed by atoms with Gasteiger partial charge in [0, 0.05) is 12.0 Å². The number of allylic oxidation sites excluding steroid dienone is 1. The SMILES string of the molecule is Oc1ccc2c(c1O)OC(=Cc1ccc(F)c(Cl)c1)C2. The Morgan fingerprint density at radius 3 is 2.75 bits per heavy atom. The van der Waals surface area contributed by atoms with Gasteiger partial charge in [0.25, 0.3) is 0 Å². The number of hydrogen-bond acceptors (Lipinski definition) is 3. The lowest BCUT2D eigenvalue weighted by atomic mass is 10.1. The first-order valence-electron chi connectivity index (χ1n) is 5.92. The van der Waals surface area contributed by atoms with Crippen LogP contribution in [0.4, 0.5) is 4.39 Å². The van der Waals surface area contributed by atoms with E-state index in [0.717, 1.165) is 5.56 Å². The molecule has 0 atom stereocenters. The third-order valence-electron chi connectivity index (χ3n) is 3.06. The number of benzene rings is 2. The lowest BCUT2D eigenvalue weighted by molar-refractivity contribution is 0.368. The van der Waals surface area contributed by atoms with Crippen molar-refractivity contribution in [3.63, 3.8) is 0 Å². The van der Waals surface area contributed by atoms with Crippen molar-refractivity contribution in [3.05, 3.63) is 58.1 Å². The van der Waals surface area contributed by atoms with E-state index < -0.39 is 5.82 Å². The normalized spacial score (nSPS) is 15.2. The number of phenols is 2. The highest BCUT2D eigenvalue weighted by atomic mass is 35.5. The number of phenolic OH excluding ortho intramolecular Hbond substituents is 2. The number of ether oxygens (including phenoxy) is 1. The molecule has 5 heteroatoms. The molecule has 2 aromatic carbocycles. The largest absolute Gasteiger partial charge is 0.504 e. The van der Waals surface area contributed by atoms with Crippen LogP contribution in [0.25, 0.3) is 6.08 Å². The summed E-state index contributed by atoms with van der Waals surface area (Å²) < 4.78 is 18.6. The molecule has 102 valence electrons. The first-order chi connectivity index (χ1) is 9.54. The first kappa shape index (κ1) is 12.8.